The van der Waals surface area contributed by atoms with Gasteiger partial charge in [-0.05, 0) is 86.9 Å². The first kappa shape index (κ1) is 46.7. The van der Waals surface area contributed by atoms with Gasteiger partial charge in [0, 0.05) is 12.4 Å². The van der Waals surface area contributed by atoms with Crippen LogP contribution in [-0.4, -0.2) is 43.6 Å². The average molecular weight is 782 g/mol. The molecule has 3 aromatic rings. The molecule has 0 spiro atoms. The van der Waals surface area contributed by atoms with Crippen molar-refractivity contribution in [3.8, 4) is 11.5 Å². The maximum absolute atomic E-state index is 13.5. The summed E-state index contributed by atoms with van der Waals surface area (Å²) in [6.45, 7) is 25.6. The standard InChI is InChI=1S/C36H54N2O2.C10H13NO2.Co/c1-33(2,3)25-17-23(31(39)27(19-25)35(7,8)9)21-37-29-15-13-14-16-30(29)38-22-24-18-26(34(4,5)6)20-28(32(24)40)36(10,11)12;1-11-9(10(12)13)7-8-5-3-2-4-6-8;/h17-22,29-30,39-40H,13-16H2,1-12H3;2-6,9,11H,7H2,1H3,(H,12,13);/q;;+3/p-3/t29-,30-;9-;/m11./s1. The Morgan fingerprint density at radius 1 is 0.704 bits per heavy atom. The molecule has 0 amide bonds. The van der Waals surface area contributed by atoms with Crippen LogP contribution in [0.4, 0.5) is 0 Å². The number of carbonyl (C=O) groups excluding carboxylic acids is 1. The Morgan fingerprint density at radius 2 is 1.09 bits per heavy atom. The monoisotopic (exact) mass is 781 g/mol. The number of likely N-dealkylation sites (N-methyl/N-ethyl adjacent to an activating group) is 1. The summed E-state index contributed by atoms with van der Waals surface area (Å²) in [7, 11) is 1.61. The Kier molecular flexibility index (Phi) is 16.4. The van der Waals surface area contributed by atoms with E-state index in [-0.39, 0.29) is 62.0 Å². The largest absolute Gasteiger partial charge is 3.00 e. The predicted octanol–water partition coefficient (Wildman–Crippen LogP) is 7.44. The molecule has 3 atom stereocenters. The van der Waals surface area contributed by atoms with E-state index in [0.717, 1.165) is 53.5 Å². The minimum atomic E-state index is -1.06. The van der Waals surface area contributed by atoms with Crippen LogP contribution in [-0.2, 0) is 49.7 Å². The molecule has 8 heteroatoms. The second-order valence-corrected chi connectivity index (χ2v) is 18.7. The van der Waals surface area contributed by atoms with Crippen molar-refractivity contribution in [1.29, 1.82) is 0 Å². The van der Waals surface area contributed by atoms with Crippen LogP contribution in [0.3, 0.4) is 0 Å². The van der Waals surface area contributed by atoms with Gasteiger partial charge in [-0.15, -0.1) is 0 Å². The number of hydrogen-bond acceptors (Lipinski definition) is 7. The Balaban J connectivity index is 0.000000608. The summed E-state index contributed by atoms with van der Waals surface area (Å²) >= 11 is 0. The van der Waals surface area contributed by atoms with Crippen molar-refractivity contribution in [2.24, 2.45) is 9.98 Å². The summed E-state index contributed by atoms with van der Waals surface area (Å²) in [6.07, 6.45) is 8.08. The zero-order valence-corrected chi connectivity index (χ0v) is 36.0. The van der Waals surface area contributed by atoms with E-state index in [2.05, 4.69) is 101 Å². The first-order chi connectivity index (χ1) is 24.4. The number of hydrogen-bond donors (Lipinski definition) is 1. The molecular formula is C46H64CoN3O4. The second kappa shape index (κ2) is 18.9. The van der Waals surface area contributed by atoms with E-state index in [9.17, 15) is 20.1 Å². The minimum absolute atomic E-state index is 0. The molecule has 0 bridgehead atoms. The maximum atomic E-state index is 13.5. The first-order valence-corrected chi connectivity index (χ1v) is 19.1. The Bertz CT molecular complexity index is 1640. The number of carboxylic acid groups (broad SMARTS) is 1. The number of nitrogens with one attached hydrogen (secondary N) is 1. The normalized spacial score (nSPS) is 17.5. The number of aliphatic imine (C=N–C) groups is 2. The Morgan fingerprint density at radius 3 is 1.41 bits per heavy atom. The van der Waals surface area contributed by atoms with Crippen molar-refractivity contribution in [1.82, 2.24) is 5.32 Å². The number of aliphatic carboxylic acids is 1. The summed E-state index contributed by atoms with van der Waals surface area (Å²) in [5, 5.41) is 40.2. The molecule has 0 unspecified atom stereocenters. The summed E-state index contributed by atoms with van der Waals surface area (Å²) in [5.74, 6) is -0.944. The quantitative estimate of drug-likeness (QED) is 0.238. The van der Waals surface area contributed by atoms with Gasteiger partial charge in [0.1, 0.15) is 0 Å². The number of carboxylic acids is 1. The number of benzene rings is 3. The van der Waals surface area contributed by atoms with Gasteiger partial charge in [0.05, 0.1) is 24.1 Å². The van der Waals surface area contributed by atoms with Crippen molar-refractivity contribution in [3.05, 3.63) is 93.5 Å². The second-order valence-electron chi connectivity index (χ2n) is 18.7. The van der Waals surface area contributed by atoms with Gasteiger partial charge in [0.25, 0.3) is 0 Å². The van der Waals surface area contributed by atoms with E-state index in [1.165, 1.54) is 0 Å². The van der Waals surface area contributed by atoms with Gasteiger partial charge in [-0.25, -0.2) is 0 Å². The molecule has 0 saturated heterocycles. The van der Waals surface area contributed by atoms with Gasteiger partial charge in [-0.1, -0.05) is 162 Å². The van der Waals surface area contributed by atoms with Crippen LogP contribution in [0.15, 0.2) is 64.6 Å². The number of nitrogens with zero attached hydrogens (tertiary/aromatic N) is 2. The van der Waals surface area contributed by atoms with Crippen LogP contribution in [0.25, 0.3) is 0 Å². The zero-order chi connectivity index (χ0) is 39.9. The topological polar surface area (TPSA) is 123 Å². The van der Waals surface area contributed by atoms with Gasteiger partial charge in [-0.3, -0.25) is 9.98 Å². The molecule has 0 aliphatic heterocycles. The van der Waals surface area contributed by atoms with Crippen molar-refractivity contribution < 1.29 is 36.9 Å². The fourth-order valence-corrected chi connectivity index (χ4v) is 6.42. The molecule has 3 aromatic carbocycles. The minimum Gasteiger partial charge on any atom is -0.872 e. The number of carbonyl (C=O) groups is 1. The Labute approximate surface area is 336 Å². The molecule has 0 aromatic heterocycles. The molecule has 0 radical (unpaired) electrons. The Hall–Kier alpha value is -3.46. The van der Waals surface area contributed by atoms with E-state index in [0.29, 0.717) is 17.5 Å². The maximum Gasteiger partial charge on any atom is 3.00 e. The molecule has 1 fully saturated rings. The van der Waals surface area contributed by atoms with Crippen LogP contribution in [0.5, 0.6) is 11.5 Å². The smallest absolute Gasteiger partial charge is 0.872 e. The third kappa shape index (κ3) is 13.1. The first-order valence-electron chi connectivity index (χ1n) is 19.1. The molecule has 1 aliphatic carbocycles. The molecule has 1 aliphatic rings. The van der Waals surface area contributed by atoms with Crippen LogP contribution in [0.2, 0.25) is 0 Å². The molecule has 4 rings (SSSR count). The van der Waals surface area contributed by atoms with Crippen molar-refractivity contribution in [2.45, 2.75) is 155 Å². The van der Waals surface area contributed by atoms with Gasteiger partial charge in [0.2, 0.25) is 0 Å². The van der Waals surface area contributed by atoms with E-state index in [4.69, 9.17) is 9.98 Å². The van der Waals surface area contributed by atoms with Crippen molar-refractivity contribution in [3.63, 3.8) is 0 Å². The van der Waals surface area contributed by atoms with E-state index < -0.39 is 12.0 Å². The summed E-state index contributed by atoms with van der Waals surface area (Å²) in [4.78, 5) is 20.5. The van der Waals surface area contributed by atoms with Gasteiger partial charge >= 0.3 is 16.8 Å². The molecule has 7 nitrogen and oxygen atoms in total. The average Bonchev–Trinajstić information content (AvgIpc) is 3.05. The summed E-state index contributed by atoms with van der Waals surface area (Å²) < 4.78 is 0. The van der Waals surface area contributed by atoms with Crippen LogP contribution >= 0.6 is 0 Å². The predicted molar refractivity (Wildman–Crippen MR) is 216 cm³/mol. The van der Waals surface area contributed by atoms with Gasteiger partial charge in [-0.2, -0.15) is 0 Å². The third-order valence-electron chi connectivity index (χ3n) is 10.0. The van der Waals surface area contributed by atoms with Crippen LogP contribution in [0, 0.1) is 0 Å². The van der Waals surface area contributed by atoms with Crippen LogP contribution in [0.1, 0.15) is 148 Å². The SMILES string of the molecule is CC(C)(C)c1cc(C=N[C@@H]2CCCC[C@H]2N=Cc2cc(C(C)(C)C)cc(C(C)(C)C)c2[O-])c([O-])c(C(C)(C)C)c1.CN[C@H](Cc1ccccc1)C(=O)[O-].[Co+3]. The summed E-state index contributed by atoms with van der Waals surface area (Å²) in [5.41, 5.74) is 5.61. The van der Waals surface area contributed by atoms with E-state index in [1.807, 2.05) is 42.5 Å². The fraction of sp³-hybridized carbons (Fsp3) is 0.543. The third-order valence-corrected chi connectivity index (χ3v) is 10.0. The molecule has 296 valence electrons. The van der Waals surface area contributed by atoms with Gasteiger partial charge < -0.3 is 25.4 Å². The fourth-order valence-electron chi connectivity index (χ4n) is 6.42. The van der Waals surface area contributed by atoms with E-state index >= 15 is 0 Å². The molecule has 1 saturated carbocycles. The van der Waals surface area contributed by atoms with Crippen molar-refractivity contribution >= 4 is 18.4 Å². The van der Waals surface area contributed by atoms with Crippen molar-refractivity contribution in [2.75, 3.05) is 7.05 Å². The molecule has 0 heterocycles. The van der Waals surface area contributed by atoms with Gasteiger partial charge in [0.15, 0.2) is 0 Å². The zero-order valence-electron chi connectivity index (χ0n) is 35.0. The molecular weight excluding hydrogens is 717 g/mol. The number of rotatable bonds is 8. The summed E-state index contributed by atoms with van der Waals surface area (Å²) in [6, 6.07) is 17.0. The van der Waals surface area contributed by atoms with Crippen LogP contribution < -0.4 is 20.6 Å². The molecule has 54 heavy (non-hydrogen) atoms. The molecule has 1 N–H and O–H groups in total. The van der Waals surface area contributed by atoms with E-state index in [1.54, 1.807) is 19.5 Å².